The van der Waals surface area contributed by atoms with E-state index in [1.54, 1.807) is 0 Å². The summed E-state index contributed by atoms with van der Waals surface area (Å²) in [6.45, 7) is 6.15. The first kappa shape index (κ1) is 13.9. The number of benzene rings is 1. The van der Waals surface area contributed by atoms with Gasteiger partial charge in [-0.2, -0.15) is 0 Å². The SMILES string of the molecule is CCCCCN1CCOC2c3ccccc3OCCC21. The van der Waals surface area contributed by atoms with E-state index in [9.17, 15) is 0 Å². The molecule has 0 aromatic heterocycles. The van der Waals surface area contributed by atoms with Crippen LogP contribution in [0.4, 0.5) is 0 Å². The van der Waals surface area contributed by atoms with Crippen molar-refractivity contribution in [2.75, 3.05) is 26.3 Å². The van der Waals surface area contributed by atoms with Crippen LogP contribution in [-0.2, 0) is 4.74 Å². The number of nitrogens with zero attached hydrogens (tertiary/aromatic N) is 1. The van der Waals surface area contributed by atoms with Gasteiger partial charge in [0.05, 0.1) is 13.2 Å². The zero-order chi connectivity index (χ0) is 13.8. The molecule has 20 heavy (non-hydrogen) atoms. The average Bonchev–Trinajstić information content (AvgIpc) is 2.68. The molecule has 3 nitrogen and oxygen atoms in total. The summed E-state index contributed by atoms with van der Waals surface area (Å²) in [5, 5.41) is 0. The Balaban J connectivity index is 1.77. The predicted molar refractivity (Wildman–Crippen MR) is 80.1 cm³/mol. The van der Waals surface area contributed by atoms with Crippen LogP contribution >= 0.6 is 0 Å². The first-order valence-corrected chi connectivity index (χ1v) is 7.97. The standard InChI is InChI=1S/C17H25NO2/c1-2-3-6-10-18-11-13-20-17-14-7-4-5-8-16(14)19-12-9-15(17)18/h4-5,7-8,15,17H,2-3,6,9-13H2,1H3. The summed E-state index contributed by atoms with van der Waals surface area (Å²) < 4.78 is 12.0. The highest BCUT2D eigenvalue weighted by Crippen LogP contribution is 2.38. The van der Waals surface area contributed by atoms with Crippen LogP contribution in [0.3, 0.4) is 0 Å². The number of ether oxygens (including phenoxy) is 2. The van der Waals surface area contributed by atoms with Gasteiger partial charge in [0.15, 0.2) is 0 Å². The molecule has 0 spiro atoms. The van der Waals surface area contributed by atoms with Gasteiger partial charge < -0.3 is 9.47 Å². The second-order valence-electron chi connectivity index (χ2n) is 5.78. The van der Waals surface area contributed by atoms with E-state index in [0.717, 1.165) is 31.9 Å². The first-order chi connectivity index (χ1) is 9.90. The number of hydrogen-bond acceptors (Lipinski definition) is 3. The summed E-state index contributed by atoms with van der Waals surface area (Å²) in [5.41, 5.74) is 1.23. The van der Waals surface area contributed by atoms with E-state index in [2.05, 4.69) is 30.0 Å². The van der Waals surface area contributed by atoms with Crippen LogP contribution in [0.25, 0.3) is 0 Å². The van der Waals surface area contributed by atoms with Crippen molar-refractivity contribution in [3.05, 3.63) is 29.8 Å². The molecule has 110 valence electrons. The lowest BCUT2D eigenvalue weighted by Gasteiger charge is -2.40. The number of hydrogen-bond donors (Lipinski definition) is 0. The molecular weight excluding hydrogens is 250 g/mol. The molecule has 0 radical (unpaired) electrons. The summed E-state index contributed by atoms with van der Waals surface area (Å²) >= 11 is 0. The first-order valence-electron chi connectivity index (χ1n) is 7.97. The number of rotatable bonds is 4. The van der Waals surface area contributed by atoms with Crippen LogP contribution in [0, 0.1) is 0 Å². The summed E-state index contributed by atoms with van der Waals surface area (Å²) in [7, 11) is 0. The van der Waals surface area contributed by atoms with E-state index in [1.165, 1.54) is 31.4 Å². The summed E-state index contributed by atoms with van der Waals surface area (Å²) in [6, 6.07) is 8.83. The quantitative estimate of drug-likeness (QED) is 0.786. The van der Waals surface area contributed by atoms with Crippen LogP contribution < -0.4 is 4.74 Å². The fraction of sp³-hybridized carbons (Fsp3) is 0.647. The fourth-order valence-corrected chi connectivity index (χ4v) is 3.38. The molecular formula is C17H25NO2. The Hall–Kier alpha value is -1.06. The maximum absolute atomic E-state index is 6.10. The van der Waals surface area contributed by atoms with Gasteiger partial charge in [-0.15, -0.1) is 0 Å². The third-order valence-electron chi connectivity index (χ3n) is 4.44. The second kappa shape index (κ2) is 6.59. The molecule has 0 aliphatic carbocycles. The lowest BCUT2D eigenvalue weighted by molar-refractivity contribution is -0.0746. The normalized spacial score (nSPS) is 26.2. The Morgan fingerprint density at radius 1 is 1.20 bits per heavy atom. The maximum atomic E-state index is 6.10. The van der Waals surface area contributed by atoms with Crippen molar-refractivity contribution in [3.8, 4) is 5.75 Å². The Bertz CT molecular complexity index is 435. The number of para-hydroxylation sites is 1. The van der Waals surface area contributed by atoms with Crippen molar-refractivity contribution >= 4 is 0 Å². The molecule has 1 saturated heterocycles. The van der Waals surface area contributed by atoms with Gasteiger partial charge in [0.25, 0.3) is 0 Å². The topological polar surface area (TPSA) is 21.7 Å². The smallest absolute Gasteiger partial charge is 0.125 e. The molecule has 2 heterocycles. The molecule has 3 rings (SSSR count). The van der Waals surface area contributed by atoms with Crippen LogP contribution in [0.1, 0.15) is 44.3 Å². The van der Waals surface area contributed by atoms with E-state index >= 15 is 0 Å². The molecule has 1 fully saturated rings. The minimum absolute atomic E-state index is 0.184. The van der Waals surface area contributed by atoms with Crippen LogP contribution in [0.15, 0.2) is 24.3 Å². The van der Waals surface area contributed by atoms with E-state index in [0.29, 0.717) is 6.04 Å². The number of unbranched alkanes of at least 4 members (excludes halogenated alkanes) is 2. The minimum atomic E-state index is 0.184. The van der Waals surface area contributed by atoms with Crippen LogP contribution in [0.5, 0.6) is 5.75 Å². The molecule has 0 saturated carbocycles. The highest BCUT2D eigenvalue weighted by atomic mass is 16.5. The molecule has 2 aliphatic heterocycles. The second-order valence-corrected chi connectivity index (χ2v) is 5.78. The van der Waals surface area contributed by atoms with E-state index in [-0.39, 0.29) is 6.10 Å². The molecule has 2 atom stereocenters. The summed E-state index contributed by atoms with van der Waals surface area (Å²) in [6.07, 6.45) is 5.14. The van der Waals surface area contributed by atoms with E-state index in [1.807, 2.05) is 6.07 Å². The van der Waals surface area contributed by atoms with Crippen LogP contribution in [-0.4, -0.2) is 37.2 Å². The van der Waals surface area contributed by atoms with Crippen molar-refractivity contribution in [3.63, 3.8) is 0 Å². The molecule has 2 unspecified atom stereocenters. The highest BCUT2D eigenvalue weighted by Gasteiger charge is 2.36. The van der Waals surface area contributed by atoms with E-state index < -0.39 is 0 Å². The Morgan fingerprint density at radius 2 is 2.10 bits per heavy atom. The highest BCUT2D eigenvalue weighted by molar-refractivity contribution is 5.37. The zero-order valence-electron chi connectivity index (χ0n) is 12.4. The Labute approximate surface area is 121 Å². The van der Waals surface area contributed by atoms with E-state index in [4.69, 9.17) is 9.47 Å². The minimum Gasteiger partial charge on any atom is -0.493 e. The van der Waals surface area contributed by atoms with Gasteiger partial charge in [-0.25, -0.2) is 0 Å². The average molecular weight is 275 g/mol. The molecule has 3 heteroatoms. The van der Waals surface area contributed by atoms with Crippen molar-refractivity contribution in [2.24, 2.45) is 0 Å². The zero-order valence-corrected chi connectivity index (χ0v) is 12.4. The van der Waals surface area contributed by atoms with Gasteiger partial charge >= 0.3 is 0 Å². The lowest BCUT2D eigenvalue weighted by atomic mass is 9.97. The Morgan fingerprint density at radius 3 is 3.00 bits per heavy atom. The summed E-state index contributed by atoms with van der Waals surface area (Å²) in [4.78, 5) is 2.62. The lowest BCUT2D eigenvalue weighted by Crippen LogP contribution is -2.47. The molecule has 1 aromatic carbocycles. The predicted octanol–water partition coefficient (Wildman–Crippen LogP) is 3.40. The summed E-state index contributed by atoms with van der Waals surface area (Å²) in [5.74, 6) is 1.01. The number of fused-ring (bicyclic) bond motifs is 3. The van der Waals surface area contributed by atoms with Gasteiger partial charge in [0, 0.05) is 18.2 Å². The van der Waals surface area contributed by atoms with Gasteiger partial charge in [0.1, 0.15) is 11.9 Å². The fourth-order valence-electron chi connectivity index (χ4n) is 3.38. The molecule has 0 N–H and O–H groups in total. The van der Waals surface area contributed by atoms with Gasteiger partial charge in [-0.3, -0.25) is 4.90 Å². The van der Waals surface area contributed by atoms with Gasteiger partial charge in [-0.1, -0.05) is 38.0 Å². The largest absolute Gasteiger partial charge is 0.493 e. The van der Waals surface area contributed by atoms with Gasteiger partial charge in [-0.05, 0) is 25.5 Å². The van der Waals surface area contributed by atoms with Crippen molar-refractivity contribution < 1.29 is 9.47 Å². The van der Waals surface area contributed by atoms with Crippen molar-refractivity contribution in [1.29, 1.82) is 0 Å². The van der Waals surface area contributed by atoms with Crippen molar-refractivity contribution in [1.82, 2.24) is 4.90 Å². The van der Waals surface area contributed by atoms with Gasteiger partial charge in [0.2, 0.25) is 0 Å². The van der Waals surface area contributed by atoms with Crippen LogP contribution in [0.2, 0.25) is 0 Å². The molecule has 1 aromatic rings. The number of morpholine rings is 1. The monoisotopic (exact) mass is 275 g/mol. The Kier molecular flexibility index (Phi) is 4.58. The third-order valence-corrected chi connectivity index (χ3v) is 4.44. The molecule has 0 bridgehead atoms. The van der Waals surface area contributed by atoms with Crippen molar-refractivity contribution in [2.45, 2.75) is 44.8 Å². The molecule has 2 aliphatic rings. The maximum Gasteiger partial charge on any atom is 0.125 e. The third kappa shape index (κ3) is 2.84. The molecule has 0 amide bonds.